The highest BCUT2D eigenvalue weighted by atomic mass is 16.5. The Morgan fingerprint density at radius 3 is 1.38 bits per heavy atom. The van der Waals surface area contributed by atoms with Gasteiger partial charge in [0.15, 0.2) is 0 Å². The van der Waals surface area contributed by atoms with Crippen LogP contribution in [-0.4, -0.2) is 30.1 Å². The number of hydrogen-bond donors (Lipinski definition) is 1. The highest BCUT2D eigenvalue weighted by molar-refractivity contribution is 5.72. The molecule has 13 heavy (non-hydrogen) atoms. The lowest BCUT2D eigenvalue weighted by molar-refractivity contribution is -0.140. The number of carbonyl (C=O) groups is 2. The van der Waals surface area contributed by atoms with Crippen LogP contribution in [0.3, 0.4) is 0 Å². The van der Waals surface area contributed by atoms with Crippen molar-refractivity contribution in [3.05, 3.63) is 0 Å². The molecule has 0 aliphatic heterocycles. The van der Waals surface area contributed by atoms with Gasteiger partial charge in [0, 0.05) is 13.5 Å². The predicted octanol–water partition coefficient (Wildman–Crippen LogP) is 1.16. The molecular formula is C9H20O4. The number of ether oxygens (including phenoxy) is 1. The maximum Gasteiger partial charge on any atom is 0.302 e. The number of aliphatic hydroxyl groups is 1. The molecule has 0 aromatic heterocycles. The molecule has 0 aliphatic rings. The van der Waals surface area contributed by atoms with Gasteiger partial charge in [-0.15, -0.1) is 0 Å². The first-order valence-electron chi connectivity index (χ1n) is 4.13. The van der Waals surface area contributed by atoms with Crippen molar-refractivity contribution in [2.75, 3.05) is 13.2 Å². The van der Waals surface area contributed by atoms with Gasteiger partial charge in [0.05, 0.1) is 6.61 Å². The van der Waals surface area contributed by atoms with Crippen molar-refractivity contribution in [3.8, 4) is 0 Å². The normalized spacial score (nSPS) is 6.92. The molecule has 0 aromatic carbocycles. The molecular weight excluding hydrogens is 172 g/mol. The first kappa shape index (κ1) is 18.0. The van der Waals surface area contributed by atoms with E-state index in [0.29, 0.717) is 6.61 Å². The zero-order valence-electron chi connectivity index (χ0n) is 9.09. The van der Waals surface area contributed by atoms with Gasteiger partial charge >= 0.3 is 5.97 Å². The number of carbonyl (C=O) groups excluding carboxylic acids is 2. The van der Waals surface area contributed by atoms with Gasteiger partial charge in [0.2, 0.25) is 0 Å². The number of ketones is 1. The van der Waals surface area contributed by atoms with E-state index in [1.165, 1.54) is 20.8 Å². The Morgan fingerprint density at radius 1 is 1.15 bits per heavy atom. The van der Waals surface area contributed by atoms with Crippen LogP contribution >= 0.6 is 0 Å². The first-order valence-corrected chi connectivity index (χ1v) is 4.13. The highest BCUT2D eigenvalue weighted by Crippen LogP contribution is 1.69. The Kier molecular flexibility index (Phi) is 23.9. The third-order valence-electron chi connectivity index (χ3n) is 0.348. The lowest BCUT2D eigenvalue weighted by atomic mass is 10.6. The van der Waals surface area contributed by atoms with Crippen molar-refractivity contribution >= 4 is 11.8 Å². The summed E-state index contributed by atoms with van der Waals surface area (Å²) in [5.74, 6) is -0.0440. The lowest BCUT2D eigenvalue weighted by Gasteiger charge is -1.89. The summed E-state index contributed by atoms with van der Waals surface area (Å²) in [6.45, 7) is 8.64. The van der Waals surface area contributed by atoms with Crippen molar-refractivity contribution in [2.45, 2.75) is 34.6 Å². The second-order valence-corrected chi connectivity index (χ2v) is 2.15. The Balaban J connectivity index is -0.000000125. The minimum atomic E-state index is -0.211. The number of Topliss-reactive ketones (excluding diaryl/α,β-unsaturated/α-hetero) is 1. The van der Waals surface area contributed by atoms with E-state index in [2.05, 4.69) is 4.74 Å². The molecule has 0 fully saturated rings. The van der Waals surface area contributed by atoms with E-state index < -0.39 is 0 Å². The second-order valence-electron chi connectivity index (χ2n) is 2.15. The SMILES string of the molecule is CC(C)=O.CCO.CCOC(C)=O. The fourth-order valence-corrected chi connectivity index (χ4v) is 0.203. The molecule has 0 atom stereocenters. The van der Waals surface area contributed by atoms with Crippen LogP contribution in [0.1, 0.15) is 34.6 Å². The molecule has 0 unspecified atom stereocenters. The molecule has 4 heteroatoms. The lowest BCUT2D eigenvalue weighted by Crippen LogP contribution is -1.95. The van der Waals surface area contributed by atoms with Gasteiger partial charge in [-0.05, 0) is 27.7 Å². The Labute approximate surface area is 79.9 Å². The zero-order chi connectivity index (χ0) is 11.3. The fourth-order valence-electron chi connectivity index (χ4n) is 0.203. The minimum Gasteiger partial charge on any atom is -0.466 e. The molecule has 0 aromatic rings. The largest absolute Gasteiger partial charge is 0.466 e. The number of rotatable bonds is 1. The summed E-state index contributed by atoms with van der Waals surface area (Å²) in [6.07, 6.45) is 0. The molecule has 0 aliphatic carbocycles. The van der Waals surface area contributed by atoms with Crippen molar-refractivity contribution in [3.63, 3.8) is 0 Å². The third-order valence-corrected chi connectivity index (χ3v) is 0.348. The summed E-state index contributed by atoms with van der Waals surface area (Å²) in [6, 6.07) is 0. The van der Waals surface area contributed by atoms with E-state index in [1.807, 2.05) is 0 Å². The van der Waals surface area contributed by atoms with Gasteiger partial charge in [0.25, 0.3) is 0 Å². The fraction of sp³-hybridized carbons (Fsp3) is 0.778. The summed E-state index contributed by atoms with van der Waals surface area (Å²) in [7, 11) is 0. The summed E-state index contributed by atoms with van der Waals surface area (Å²) in [5, 5.41) is 7.57. The van der Waals surface area contributed by atoms with Gasteiger partial charge in [-0.3, -0.25) is 4.79 Å². The number of esters is 1. The summed E-state index contributed by atoms with van der Waals surface area (Å²) in [5.41, 5.74) is 0. The van der Waals surface area contributed by atoms with Crippen LogP contribution in [0.15, 0.2) is 0 Å². The van der Waals surface area contributed by atoms with Crippen LogP contribution in [0.4, 0.5) is 0 Å². The standard InChI is InChI=1S/C4H8O2.C3H6O.C2H6O/c1-3-6-4(2)5;1-3(2)4;1-2-3/h3H2,1-2H3;1-2H3;3H,2H2,1H3. The maximum absolute atomic E-state index is 9.82. The van der Waals surface area contributed by atoms with Crippen molar-refractivity contribution in [1.29, 1.82) is 0 Å². The third kappa shape index (κ3) is 208. The molecule has 0 heterocycles. The quantitative estimate of drug-likeness (QED) is 0.633. The van der Waals surface area contributed by atoms with E-state index >= 15 is 0 Å². The van der Waals surface area contributed by atoms with E-state index in [0.717, 1.165) is 0 Å². The van der Waals surface area contributed by atoms with Gasteiger partial charge < -0.3 is 14.6 Å². The molecule has 80 valence electrons. The van der Waals surface area contributed by atoms with Gasteiger partial charge in [-0.2, -0.15) is 0 Å². The van der Waals surface area contributed by atoms with Crippen LogP contribution in [0.25, 0.3) is 0 Å². The van der Waals surface area contributed by atoms with E-state index in [-0.39, 0.29) is 18.4 Å². The molecule has 0 bridgehead atoms. The van der Waals surface area contributed by atoms with Crippen LogP contribution in [0, 0.1) is 0 Å². The molecule has 0 radical (unpaired) electrons. The minimum absolute atomic E-state index is 0.167. The summed E-state index contributed by atoms with van der Waals surface area (Å²) >= 11 is 0. The van der Waals surface area contributed by atoms with Crippen LogP contribution in [0.2, 0.25) is 0 Å². The smallest absolute Gasteiger partial charge is 0.302 e. The summed E-state index contributed by atoms with van der Waals surface area (Å²) in [4.78, 5) is 19.3. The second kappa shape index (κ2) is 17.3. The molecule has 0 rings (SSSR count). The van der Waals surface area contributed by atoms with Crippen molar-refractivity contribution < 1.29 is 19.4 Å². The van der Waals surface area contributed by atoms with Crippen molar-refractivity contribution in [1.82, 2.24) is 0 Å². The molecule has 0 saturated heterocycles. The maximum atomic E-state index is 9.82. The Hall–Kier alpha value is -0.900. The summed E-state index contributed by atoms with van der Waals surface area (Å²) < 4.78 is 4.40. The van der Waals surface area contributed by atoms with Gasteiger partial charge in [-0.1, -0.05) is 0 Å². The molecule has 0 spiro atoms. The zero-order valence-corrected chi connectivity index (χ0v) is 9.09. The number of aliphatic hydroxyl groups excluding tert-OH is 1. The van der Waals surface area contributed by atoms with Gasteiger partial charge in [0.1, 0.15) is 5.78 Å². The molecule has 4 nitrogen and oxygen atoms in total. The Morgan fingerprint density at radius 2 is 1.38 bits per heavy atom. The molecule has 0 amide bonds. The van der Waals surface area contributed by atoms with E-state index in [1.54, 1.807) is 13.8 Å². The van der Waals surface area contributed by atoms with Gasteiger partial charge in [-0.25, -0.2) is 0 Å². The topological polar surface area (TPSA) is 63.6 Å². The monoisotopic (exact) mass is 192 g/mol. The van der Waals surface area contributed by atoms with Crippen LogP contribution < -0.4 is 0 Å². The molecule has 0 saturated carbocycles. The van der Waals surface area contributed by atoms with E-state index in [9.17, 15) is 9.59 Å². The van der Waals surface area contributed by atoms with Crippen LogP contribution in [0.5, 0.6) is 0 Å². The Bertz CT molecular complexity index is 117. The van der Waals surface area contributed by atoms with Crippen molar-refractivity contribution in [2.24, 2.45) is 0 Å². The highest BCUT2D eigenvalue weighted by Gasteiger charge is 1.81. The molecule has 1 N–H and O–H groups in total. The average molecular weight is 192 g/mol. The first-order chi connectivity index (χ1) is 5.92. The van der Waals surface area contributed by atoms with E-state index in [4.69, 9.17) is 5.11 Å². The predicted molar refractivity (Wildman–Crippen MR) is 51.4 cm³/mol. The average Bonchev–Trinajstić information content (AvgIpc) is 1.86. The number of hydrogen-bond acceptors (Lipinski definition) is 4. The van der Waals surface area contributed by atoms with Crippen LogP contribution in [-0.2, 0) is 14.3 Å².